The van der Waals surface area contributed by atoms with Crippen molar-refractivity contribution in [3.05, 3.63) is 81.4 Å². The zero-order valence-corrected chi connectivity index (χ0v) is 17.8. The molecule has 4 rings (SSSR count). The monoisotopic (exact) mass is 459 g/mol. The molecule has 0 saturated heterocycles. The Kier molecular flexibility index (Phi) is 6.03. The maximum absolute atomic E-state index is 12.5. The fourth-order valence-corrected chi connectivity index (χ4v) is 3.56. The maximum atomic E-state index is 12.5. The highest BCUT2D eigenvalue weighted by molar-refractivity contribution is 7.71. The van der Waals surface area contributed by atoms with Crippen LogP contribution in [0.1, 0.15) is 5.89 Å². The number of carbonyl (C=O) groups is 1. The average molecular weight is 460 g/mol. The van der Waals surface area contributed by atoms with Crippen LogP contribution in [0.25, 0.3) is 10.8 Å². The number of rotatable bonds is 6. The molecule has 0 aliphatic heterocycles. The highest BCUT2D eigenvalue weighted by atomic mass is 35.5. The van der Waals surface area contributed by atoms with Gasteiger partial charge in [-0.2, -0.15) is 0 Å². The van der Waals surface area contributed by atoms with Crippen LogP contribution >= 0.6 is 35.4 Å². The van der Waals surface area contributed by atoms with Gasteiger partial charge in [-0.05, 0) is 41.9 Å². The number of fused-ring (bicyclic) bond motifs is 1. The molecule has 30 heavy (non-hydrogen) atoms. The quantitative estimate of drug-likeness (QED) is 0.364. The van der Waals surface area contributed by atoms with E-state index in [1.165, 1.54) is 4.68 Å². The van der Waals surface area contributed by atoms with E-state index in [2.05, 4.69) is 10.4 Å². The molecular weight excluding hydrogens is 445 g/mol. The van der Waals surface area contributed by atoms with Crippen LogP contribution in [-0.4, -0.2) is 15.7 Å². The Morgan fingerprint density at radius 3 is 2.77 bits per heavy atom. The Morgan fingerprint density at radius 1 is 1.13 bits per heavy atom. The summed E-state index contributed by atoms with van der Waals surface area (Å²) < 4.78 is 12.3. The second kappa shape index (κ2) is 8.87. The number of carbonyl (C=O) groups excluding carboxylic acids is 1. The van der Waals surface area contributed by atoms with Crippen molar-refractivity contribution in [2.45, 2.75) is 13.2 Å². The van der Waals surface area contributed by atoms with Crippen LogP contribution in [0, 0.1) is 4.84 Å². The molecular formula is C21H15Cl2N3O3S. The summed E-state index contributed by atoms with van der Waals surface area (Å²) in [5.41, 5.74) is 0.717. The third-order valence-electron chi connectivity index (χ3n) is 4.25. The van der Waals surface area contributed by atoms with Crippen LogP contribution in [0.3, 0.4) is 0 Å². The molecule has 152 valence electrons. The largest absolute Gasteiger partial charge is 0.482 e. The third kappa shape index (κ3) is 4.64. The molecule has 3 aromatic carbocycles. The first-order valence-corrected chi connectivity index (χ1v) is 10.1. The van der Waals surface area contributed by atoms with Crippen LogP contribution in [-0.2, 0) is 17.9 Å². The zero-order chi connectivity index (χ0) is 21.1. The van der Waals surface area contributed by atoms with Gasteiger partial charge in [0.1, 0.15) is 12.3 Å². The van der Waals surface area contributed by atoms with Gasteiger partial charge in [0, 0.05) is 16.1 Å². The van der Waals surface area contributed by atoms with Crippen molar-refractivity contribution < 1.29 is 13.9 Å². The van der Waals surface area contributed by atoms with Crippen LogP contribution in [0.2, 0.25) is 10.0 Å². The van der Waals surface area contributed by atoms with Crippen molar-refractivity contribution in [1.29, 1.82) is 0 Å². The number of nitrogens with one attached hydrogen (secondary N) is 1. The number of hydrogen-bond donors (Lipinski definition) is 1. The van der Waals surface area contributed by atoms with E-state index < -0.39 is 0 Å². The summed E-state index contributed by atoms with van der Waals surface area (Å²) in [7, 11) is 0. The number of ether oxygens (including phenoxy) is 1. The normalized spacial score (nSPS) is 10.9. The topological polar surface area (TPSA) is 69.3 Å². The van der Waals surface area contributed by atoms with Gasteiger partial charge in [-0.1, -0.05) is 59.6 Å². The molecule has 0 atom stereocenters. The van der Waals surface area contributed by atoms with Crippen molar-refractivity contribution in [3.63, 3.8) is 0 Å². The lowest BCUT2D eigenvalue weighted by atomic mass is 10.1. The van der Waals surface area contributed by atoms with Crippen LogP contribution in [0.15, 0.2) is 65.1 Å². The van der Waals surface area contributed by atoms with Gasteiger partial charge in [0.2, 0.25) is 5.91 Å². The number of hydrogen-bond acceptors (Lipinski definition) is 5. The van der Waals surface area contributed by atoms with Gasteiger partial charge in [-0.3, -0.25) is 4.79 Å². The molecule has 0 fully saturated rings. The van der Waals surface area contributed by atoms with Gasteiger partial charge in [0.25, 0.3) is 10.7 Å². The first-order valence-electron chi connectivity index (χ1n) is 8.92. The smallest absolute Gasteiger partial charge is 0.287 e. The summed E-state index contributed by atoms with van der Waals surface area (Å²) in [6.07, 6.45) is 0. The number of aromatic nitrogens is 2. The number of halogens is 2. The van der Waals surface area contributed by atoms with Crippen LogP contribution < -0.4 is 10.1 Å². The number of anilines is 1. The summed E-state index contributed by atoms with van der Waals surface area (Å²) >= 11 is 17.1. The van der Waals surface area contributed by atoms with E-state index in [9.17, 15) is 4.79 Å². The average Bonchev–Trinajstić information content (AvgIpc) is 3.06. The van der Waals surface area contributed by atoms with Gasteiger partial charge < -0.3 is 14.5 Å². The van der Waals surface area contributed by atoms with E-state index in [1.54, 1.807) is 18.2 Å². The fourth-order valence-electron chi connectivity index (χ4n) is 2.90. The molecule has 1 N–H and O–H groups in total. The van der Waals surface area contributed by atoms with Gasteiger partial charge >= 0.3 is 0 Å². The maximum Gasteiger partial charge on any atom is 0.287 e. The molecule has 0 spiro atoms. The molecule has 6 nitrogen and oxygen atoms in total. The molecule has 1 heterocycles. The summed E-state index contributed by atoms with van der Waals surface area (Å²) in [6.45, 7) is -0.0871. The molecule has 9 heteroatoms. The van der Waals surface area contributed by atoms with E-state index in [0.29, 0.717) is 21.5 Å². The SMILES string of the molecule is O=C(Cn1nc(COc2ccc(Cl)cc2Cl)oc1=S)Nc1cccc2ccccc12. The van der Waals surface area contributed by atoms with Crippen molar-refractivity contribution >= 4 is 57.8 Å². The highest BCUT2D eigenvalue weighted by Crippen LogP contribution is 2.28. The van der Waals surface area contributed by atoms with E-state index in [4.69, 9.17) is 44.6 Å². The van der Waals surface area contributed by atoms with Gasteiger partial charge in [0.15, 0.2) is 6.61 Å². The van der Waals surface area contributed by atoms with E-state index in [-0.39, 0.29) is 29.8 Å². The summed E-state index contributed by atoms with van der Waals surface area (Å²) in [4.78, 5) is 12.6. The summed E-state index contributed by atoms with van der Waals surface area (Å²) in [6, 6.07) is 18.4. The Hall–Kier alpha value is -2.87. The minimum absolute atomic E-state index is 0.00291. The Bertz CT molecular complexity index is 1280. The zero-order valence-electron chi connectivity index (χ0n) is 15.5. The van der Waals surface area contributed by atoms with E-state index in [0.717, 1.165) is 10.8 Å². The molecule has 1 amide bonds. The molecule has 4 aromatic rings. The third-order valence-corrected chi connectivity index (χ3v) is 5.07. The fraction of sp³-hybridized carbons (Fsp3) is 0.0952. The van der Waals surface area contributed by atoms with Crippen LogP contribution in [0.5, 0.6) is 5.75 Å². The molecule has 0 bridgehead atoms. The van der Waals surface area contributed by atoms with Crippen molar-refractivity contribution in [2.75, 3.05) is 5.32 Å². The standard InChI is InChI=1S/C21H15Cl2N3O3S/c22-14-8-9-18(16(23)10-14)28-12-20-25-26(21(30)29-20)11-19(27)24-17-7-3-5-13-4-1-2-6-15(13)17/h1-10H,11-12H2,(H,24,27). The first kappa shape index (κ1) is 20.4. The predicted molar refractivity (Wildman–Crippen MR) is 119 cm³/mol. The lowest BCUT2D eigenvalue weighted by Crippen LogP contribution is -2.20. The molecule has 0 aliphatic rings. The minimum atomic E-state index is -0.274. The Labute approximate surface area is 187 Å². The summed E-state index contributed by atoms with van der Waals surface area (Å²) in [5, 5.41) is 9.96. The predicted octanol–water partition coefficient (Wildman–Crippen LogP) is 5.88. The molecule has 0 aliphatic carbocycles. The minimum Gasteiger partial charge on any atom is -0.482 e. The number of benzene rings is 3. The Balaban J connectivity index is 1.43. The van der Waals surface area contributed by atoms with Gasteiger partial charge in [-0.25, -0.2) is 4.68 Å². The second-order valence-corrected chi connectivity index (χ2v) is 7.55. The van der Waals surface area contributed by atoms with Crippen LogP contribution in [0.4, 0.5) is 5.69 Å². The molecule has 0 unspecified atom stereocenters. The number of amides is 1. The van der Waals surface area contributed by atoms with E-state index >= 15 is 0 Å². The van der Waals surface area contributed by atoms with Crippen molar-refractivity contribution in [1.82, 2.24) is 9.78 Å². The Morgan fingerprint density at radius 2 is 1.93 bits per heavy atom. The molecule has 0 saturated carbocycles. The van der Waals surface area contributed by atoms with Gasteiger partial charge in [0.05, 0.1) is 5.02 Å². The first-order chi connectivity index (χ1) is 14.5. The lowest BCUT2D eigenvalue weighted by molar-refractivity contribution is -0.117. The lowest BCUT2D eigenvalue weighted by Gasteiger charge is -2.08. The van der Waals surface area contributed by atoms with Crippen molar-refractivity contribution in [2.24, 2.45) is 0 Å². The second-order valence-electron chi connectivity index (χ2n) is 6.36. The summed E-state index contributed by atoms with van der Waals surface area (Å²) in [5.74, 6) is 0.387. The molecule has 1 aromatic heterocycles. The number of nitrogens with zero attached hydrogens (tertiary/aromatic N) is 2. The van der Waals surface area contributed by atoms with E-state index in [1.807, 2.05) is 42.5 Å². The highest BCUT2D eigenvalue weighted by Gasteiger charge is 2.12. The molecule has 0 radical (unpaired) electrons. The van der Waals surface area contributed by atoms with Crippen molar-refractivity contribution in [3.8, 4) is 5.75 Å². The van der Waals surface area contributed by atoms with Gasteiger partial charge in [-0.15, -0.1) is 5.10 Å².